The number of hydrogen-bond acceptors (Lipinski definition) is 1. The van der Waals surface area contributed by atoms with Crippen LogP contribution in [0.5, 0.6) is 0 Å². The lowest BCUT2D eigenvalue weighted by molar-refractivity contribution is 0.00444. The molecule has 1 fully saturated rings. The zero-order chi connectivity index (χ0) is 7.78. The Bertz CT molecular complexity index is 116. The van der Waals surface area contributed by atoms with Crippen molar-refractivity contribution in [2.45, 2.75) is 26.4 Å². The fourth-order valence-electron chi connectivity index (χ4n) is 1.64. The molecule has 0 aliphatic heterocycles. The highest BCUT2D eigenvalue weighted by atomic mass is 19.1. The van der Waals surface area contributed by atoms with Gasteiger partial charge in [0.05, 0.1) is 0 Å². The lowest BCUT2D eigenvalue weighted by atomic mass is 10.3. The van der Waals surface area contributed by atoms with Crippen LogP contribution in [0.3, 0.4) is 0 Å². The highest BCUT2D eigenvalue weighted by Crippen LogP contribution is 2.52. The molecule has 0 aromatic heterocycles. The Hall–Kier alpha value is -0.110. The molecular weight excluding hydrogens is 131 g/mol. The van der Waals surface area contributed by atoms with Gasteiger partial charge in [0.25, 0.3) is 0 Å². The first-order valence-corrected chi connectivity index (χ1v) is 3.89. The summed E-state index contributed by atoms with van der Waals surface area (Å²) in [6.45, 7) is 6.29. The molecule has 2 atom stereocenters. The van der Waals surface area contributed by atoms with Crippen molar-refractivity contribution >= 4 is 0 Å². The van der Waals surface area contributed by atoms with E-state index in [1.165, 1.54) is 0 Å². The van der Waals surface area contributed by atoms with Crippen molar-refractivity contribution in [3.05, 3.63) is 0 Å². The van der Waals surface area contributed by atoms with E-state index in [1.807, 2.05) is 20.8 Å². The van der Waals surface area contributed by atoms with E-state index < -0.39 is 5.60 Å². The maximum atomic E-state index is 12.4. The number of hydrogen-bond donors (Lipinski definition) is 0. The monoisotopic (exact) mass is 146 g/mol. The molecule has 0 N–H and O–H groups in total. The van der Waals surface area contributed by atoms with Gasteiger partial charge in [-0.3, -0.25) is 0 Å². The van der Waals surface area contributed by atoms with Gasteiger partial charge in [-0.25, -0.2) is 4.39 Å². The molecule has 10 heavy (non-hydrogen) atoms. The average Bonchev–Trinajstić information content (AvgIpc) is 2.43. The molecule has 0 aromatic rings. The second-order valence-corrected chi connectivity index (χ2v) is 3.10. The van der Waals surface area contributed by atoms with Gasteiger partial charge in [-0.05, 0) is 18.8 Å². The Morgan fingerprint density at radius 1 is 1.40 bits per heavy atom. The van der Waals surface area contributed by atoms with Crippen LogP contribution in [-0.4, -0.2) is 18.9 Å². The van der Waals surface area contributed by atoms with Crippen LogP contribution in [0.1, 0.15) is 20.8 Å². The molecule has 0 saturated heterocycles. The quantitative estimate of drug-likeness (QED) is 0.592. The minimum Gasteiger partial charge on any atom is -0.372 e. The third-order valence-corrected chi connectivity index (χ3v) is 2.80. The third-order valence-electron chi connectivity index (χ3n) is 2.80. The summed E-state index contributed by atoms with van der Waals surface area (Å²) in [5.74, 6) is 0.801. The van der Waals surface area contributed by atoms with Crippen LogP contribution in [0.2, 0.25) is 0 Å². The molecule has 0 amide bonds. The molecule has 0 spiro atoms. The average molecular weight is 146 g/mol. The predicted octanol–water partition coefficient (Wildman–Crippen LogP) is 2.02. The highest BCUT2D eigenvalue weighted by Gasteiger charge is 2.60. The molecule has 1 aliphatic rings. The van der Waals surface area contributed by atoms with Gasteiger partial charge in [-0.2, -0.15) is 0 Å². The predicted molar refractivity (Wildman–Crippen MR) is 38.7 cm³/mol. The van der Waals surface area contributed by atoms with E-state index in [0.717, 1.165) is 0 Å². The molecule has 1 aliphatic carbocycles. The highest BCUT2D eigenvalue weighted by molar-refractivity contribution is 5.09. The zero-order valence-electron chi connectivity index (χ0n) is 6.86. The molecule has 0 heterocycles. The summed E-state index contributed by atoms with van der Waals surface area (Å²) in [4.78, 5) is 0. The summed E-state index contributed by atoms with van der Waals surface area (Å²) in [7, 11) is 0. The lowest BCUT2D eigenvalue weighted by Gasteiger charge is -2.12. The van der Waals surface area contributed by atoms with Crippen LogP contribution in [0.15, 0.2) is 0 Å². The molecular formula is C8H15FO. The van der Waals surface area contributed by atoms with E-state index in [0.29, 0.717) is 18.4 Å². The van der Waals surface area contributed by atoms with E-state index >= 15 is 0 Å². The van der Waals surface area contributed by atoms with Crippen LogP contribution in [0.25, 0.3) is 0 Å². The van der Waals surface area contributed by atoms with E-state index in [4.69, 9.17) is 4.74 Å². The Balaban J connectivity index is 2.48. The Labute approximate surface area is 61.6 Å². The molecule has 2 unspecified atom stereocenters. The Morgan fingerprint density at radius 3 is 2.00 bits per heavy atom. The first kappa shape index (κ1) is 7.99. The normalized spacial score (nSPS) is 45.6. The number of rotatable bonds is 3. The van der Waals surface area contributed by atoms with Gasteiger partial charge in [0.1, 0.15) is 12.3 Å². The van der Waals surface area contributed by atoms with Gasteiger partial charge >= 0.3 is 0 Å². The second-order valence-electron chi connectivity index (χ2n) is 3.10. The molecule has 60 valence electrons. The van der Waals surface area contributed by atoms with Crippen molar-refractivity contribution in [3.63, 3.8) is 0 Å². The molecule has 1 saturated carbocycles. The van der Waals surface area contributed by atoms with Crippen molar-refractivity contribution in [2.75, 3.05) is 13.3 Å². The molecule has 0 bridgehead atoms. The Kier molecular flexibility index (Phi) is 1.99. The Morgan fingerprint density at radius 2 is 1.90 bits per heavy atom. The number of ether oxygens (including phenoxy) is 1. The van der Waals surface area contributed by atoms with Crippen molar-refractivity contribution in [1.82, 2.24) is 0 Å². The first-order valence-electron chi connectivity index (χ1n) is 3.89. The van der Waals surface area contributed by atoms with Gasteiger partial charge in [0.2, 0.25) is 0 Å². The standard InChI is InChI=1S/C8H15FO/c1-4-10-8(5-9)6(2)7(8)3/h6-7H,4-5H2,1-3H3. The van der Waals surface area contributed by atoms with E-state index in [9.17, 15) is 4.39 Å². The largest absolute Gasteiger partial charge is 0.372 e. The summed E-state index contributed by atoms with van der Waals surface area (Å²) in [5.41, 5.74) is -0.408. The van der Waals surface area contributed by atoms with Crippen molar-refractivity contribution in [2.24, 2.45) is 11.8 Å². The molecule has 1 rings (SSSR count). The van der Waals surface area contributed by atoms with Gasteiger partial charge in [-0.1, -0.05) is 13.8 Å². The minimum atomic E-state index is -0.408. The van der Waals surface area contributed by atoms with Gasteiger partial charge in [0, 0.05) is 6.61 Å². The summed E-state index contributed by atoms with van der Waals surface area (Å²) < 4.78 is 17.7. The molecule has 0 aromatic carbocycles. The number of alkyl halides is 1. The molecule has 1 nitrogen and oxygen atoms in total. The van der Waals surface area contributed by atoms with Crippen LogP contribution in [0, 0.1) is 11.8 Å². The number of halogens is 1. The van der Waals surface area contributed by atoms with Crippen molar-refractivity contribution in [1.29, 1.82) is 0 Å². The van der Waals surface area contributed by atoms with Gasteiger partial charge < -0.3 is 4.74 Å². The van der Waals surface area contributed by atoms with Crippen molar-refractivity contribution in [3.8, 4) is 0 Å². The van der Waals surface area contributed by atoms with E-state index in [1.54, 1.807) is 0 Å². The third kappa shape index (κ3) is 0.858. The maximum absolute atomic E-state index is 12.4. The zero-order valence-corrected chi connectivity index (χ0v) is 6.86. The summed E-state index contributed by atoms with van der Waals surface area (Å²) >= 11 is 0. The molecule has 0 radical (unpaired) electrons. The summed E-state index contributed by atoms with van der Waals surface area (Å²) in [6, 6.07) is 0. The van der Waals surface area contributed by atoms with Crippen LogP contribution < -0.4 is 0 Å². The topological polar surface area (TPSA) is 9.23 Å². The van der Waals surface area contributed by atoms with E-state index in [2.05, 4.69) is 0 Å². The van der Waals surface area contributed by atoms with E-state index in [-0.39, 0.29) is 6.67 Å². The first-order chi connectivity index (χ1) is 4.69. The maximum Gasteiger partial charge on any atom is 0.119 e. The summed E-state index contributed by atoms with van der Waals surface area (Å²) in [6.07, 6.45) is 0. The van der Waals surface area contributed by atoms with Crippen LogP contribution in [0.4, 0.5) is 4.39 Å². The fourth-order valence-corrected chi connectivity index (χ4v) is 1.64. The SMILES string of the molecule is CCOC1(CF)C(C)C1C. The van der Waals surface area contributed by atoms with Gasteiger partial charge in [-0.15, -0.1) is 0 Å². The summed E-state index contributed by atoms with van der Waals surface area (Å²) in [5, 5.41) is 0. The molecule has 2 heteroatoms. The smallest absolute Gasteiger partial charge is 0.119 e. The van der Waals surface area contributed by atoms with Crippen molar-refractivity contribution < 1.29 is 9.13 Å². The lowest BCUT2D eigenvalue weighted by Crippen LogP contribution is -2.20. The second kappa shape index (κ2) is 2.50. The van der Waals surface area contributed by atoms with Crippen LogP contribution >= 0.6 is 0 Å². The fraction of sp³-hybridized carbons (Fsp3) is 1.00. The van der Waals surface area contributed by atoms with Crippen LogP contribution in [-0.2, 0) is 4.74 Å². The van der Waals surface area contributed by atoms with Gasteiger partial charge in [0.15, 0.2) is 0 Å². The minimum absolute atomic E-state index is 0.330.